The van der Waals surface area contributed by atoms with Gasteiger partial charge in [0.25, 0.3) is 0 Å². The van der Waals surface area contributed by atoms with Gasteiger partial charge in [0.15, 0.2) is 0 Å². The van der Waals surface area contributed by atoms with Crippen molar-refractivity contribution in [3.8, 4) is 0 Å². The SMILES string of the molecule is CCCCCC[C@H]1OCCNC(=O)[C@H](CO)NC(=O)[C@H](CN)NC(=O)[C@H](C(C)CC)NC(=O)[C@H](CC(C)C)N(C)C(=O)[C@@H]1C. The van der Waals surface area contributed by atoms with Crippen molar-refractivity contribution in [2.75, 3.05) is 33.4 Å². The van der Waals surface area contributed by atoms with E-state index in [0.717, 1.165) is 25.7 Å². The zero-order chi connectivity index (χ0) is 33.4. The second-order valence-corrected chi connectivity index (χ2v) is 12.3. The molecule has 13 heteroatoms. The molecule has 0 aliphatic carbocycles. The van der Waals surface area contributed by atoms with E-state index in [-0.39, 0.29) is 37.4 Å². The molecule has 0 radical (unpaired) electrons. The number of amides is 5. The highest BCUT2D eigenvalue weighted by Gasteiger charge is 2.37. The number of carbonyl (C=O) groups is 5. The van der Waals surface area contributed by atoms with E-state index < -0.39 is 66.4 Å². The van der Waals surface area contributed by atoms with Crippen molar-refractivity contribution in [3.05, 3.63) is 0 Å². The van der Waals surface area contributed by atoms with E-state index in [9.17, 15) is 29.1 Å². The summed E-state index contributed by atoms with van der Waals surface area (Å²) in [5.74, 6) is -3.54. The van der Waals surface area contributed by atoms with Crippen LogP contribution >= 0.6 is 0 Å². The van der Waals surface area contributed by atoms with Crippen molar-refractivity contribution >= 4 is 29.5 Å². The lowest BCUT2D eigenvalue weighted by Gasteiger charge is -2.34. The highest BCUT2D eigenvalue weighted by Crippen LogP contribution is 2.21. The standard InChI is InChI=1S/C31H58N6O7/c1-8-10-11-12-13-25-21(6)31(43)37(7)24(16-19(3)4)29(41)36-26(20(5)9-2)30(42)34-22(17-32)28(40)35-23(18-38)27(39)33-14-15-44-25/h19-26,38H,8-18,32H2,1-7H3,(H,33,39)(H,34,42)(H,35,40)(H,36,41)/t20?,21-,22+,23+,24+,25-,26+/m1/s1. The fourth-order valence-electron chi connectivity index (χ4n) is 5.19. The summed E-state index contributed by atoms with van der Waals surface area (Å²) in [7, 11) is 1.60. The van der Waals surface area contributed by atoms with Crippen LogP contribution in [0.1, 0.15) is 86.5 Å². The summed E-state index contributed by atoms with van der Waals surface area (Å²) in [6, 6.07) is -4.36. The third kappa shape index (κ3) is 12.3. The number of nitrogens with one attached hydrogen (secondary N) is 4. The van der Waals surface area contributed by atoms with Crippen LogP contribution in [0.3, 0.4) is 0 Å². The first-order chi connectivity index (χ1) is 20.8. The van der Waals surface area contributed by atoms with Gasteiger partial charge >= 0.3 is 0 Å². The molecule has 1 unspecified atom stereocenters. The van der Waals surface area contributed by atoms with E-state index in [1.165, 1.54) is 4.90 Å². The van der Waals surface area contributed by atoms with Crippen molar-refractivity contribution in [2.24, 2.45) is 23.5 Å². The molecule has 0 aromatic rings. The van der Waals surface area contributed by atoms with Gasteiger partial charge in [0, 0.05) is 20.1 Å². The summed E-state index contributed by atoms with van der Waals surface area (Å²) < 4.78 is 6.13. The number of aliphatic hydroxyl groups is 1. The van der Waals surface area contributed by atoms with Crippen LogP contribution in [-0.2, 0) is 28.7 Å². The Hall–Kier alpha value is -2.77. The summed E-state index contributed by atoms with van der Waals surface area (Å²) in [6.45, 7) is 10.7. The Bertz CT molecular complexity index is 933. The molecule has 1 aliphatic rings. The van der Waals surface area contributed by atoms with Gasteiger partial charge in [-0.3, -0.25) is 24.0 Å². The normalized spacial score (nSPS) is 27.9. The van der Waals surface area contributed by atoms with Crippen LogP contribution < -0.4 is 27.0 Å². The number of likely N-dealkylation sites (N-methyl/N-ethyl adjacent to an activating group) is 1. The average molecular weight is 627 g/mol. The van der Waals surface area contributed by atoms with Crippen molar-refractivity contribution in [1.29, 1.82) is 0 Å². The number of nitrogens with zero attached hydrogens (tertiary/aromatic N) is 1. The van der Waals surface area contributed by atoms with Crippen molar-refractivity contribution in [2.45, 2.75) is 117 Å². The van der Waals surface area contributed by atoms with E-state index in [1.54, 1.807) is 20.9 Å². The molecule has 7 N–H and O–H groups in total. The predicted molar refractivity (Wildman–Crippen MR) is 168 cm³/mol. The molecule has 0 aromatic heterocycles. The number of ether oxygens (including phenoxy) is 1. The molecule has 1 saturated heterocycles. The molecular weight excluding hydrogens is 568 g/mol. The first-order valence-corrected chi connectivity index (χ1v) is 16.2. The van der Waals surface area contributed by atoms with E-state index >= 15 is 0 Å². The molecule has 254 valence electrons. The number of nitrogens with two attached hydrogens (primary N) is 1. The fraction of sp³-hybridized carbons (Fsp3) is 0.839. The Morgan fingerprint density at radius 1 is 0.932 bits per heavy atom. The summed E-state index contributed by atoms with van der Waals surface area (Å²) in [5.41, 5.74) is 5.80. The van der Waals surface area contributed by atoms with E-state index in [2.05, 4.69) is 28.2 Å². The molecule has 1 rings (SSSR count). The minimum Gasteiger partial charge on any atom is -0.394 e. The minimum absolute atomic E-state index is 0.0725. The highest BCUT2D eigenvalue weighted by atomic mass is 16.5. The number of hydrogen-bond acceptors (Lipinski definition) is 8. The molecule has 0 spiro atoms. The number of unbranched alkanes of at least 4 members (excludes halogenated alkanes) is 3. The Balaban J connectivity index is 3.49. The summed E-state index contributed by atoms with van der Waals surface area (Å²) in [4.78, 5) is 68.3. The Morgan fingerprint density at radius 3 is 2.16 bits per heavy atom. The minimum atomic E-state index is -1.28. The monoisotopic (exact) mass is 626 g/mol. The number of carbonyl (C=O) groups excluding carboxylic acids is 5. The zero-order valence-electron chi connectivity index (χ0n) is 27.8. The average Bonchev–Trinajstić information content (AvgIpc) is 3.00. The molecule has 5 amide bonds. The Labute approximate surface area is 263 Å². The molecule has 0 saturated carbocycles. The molecule has 1 fully saturated rings. The molecular formula is C31H58N6O7. The van der Waals surface area contributed by atoms with Crippen LogP contribution in [0, 0.1) is 17.8 Å². The number of rotatable bonds is 11. The van der Waals surface area contributed by atoms with Crippen LogP contribution in [0.15, 0.2) is 0 Å². The quantitative estimate of drug-likeness (QED) is 0.178. The van der Waals surface area contributed by atoms with E-state index in [1.807, 2.05) is 20.8 Å². The Kier molecular flexibility index (Phi) is 18.1. The predicted octanol–water partition coefficient (Wildman–Crippen LogP) is 0.433. The lowest BCUT2D eigenvalue weighted by molar-refractivity contribution is -0.147. The van der Waals surface area contributed by atoms with Crippen molar-refractivity contribution in [1.82, 2.24) is 26.2 Å². The largest absolute Gasteiger partial charge is 0.394 e. The second-order valence-electron chi connectivity index (χ2n) is 12.3. The fourth-order valence-corrected chi connectivity index (χ4v) is 5.19. The summed E-state index contributed by atoms with van der Waals surface area (Å²) in [6.07, 6.45) is 5.06. The highest BCUT2D eigenvalue weighted by molar-refractivity contribution is 5.96. The van der Waals surface area contributed by atoms with Crippen LogP contribution in [0.2, 0.25) is 0 Å². The molecule has 7 atom stereocenters. The molecule has 1 heterocycles. The third-order valence-electron chi connectivity index (χ3n) is 8.31. The molecule has 0 bridgehead atoms. The van der Waals surface area contributed by atoms with Gasteiger partial charge < -0.3 is 41.7 Å². The van der Waals surface area contributed by atoms with E-state index in [0.29, 0.717) is 19.3 Å². The molecule has 1 aliphatic heterocycles. The van der Waals surface area contributed by atoms with Crippen molar-refractivity contribution in [3.63, 3.8) is 0 Å². The maximum Gasteiger partial charge on any atom is 0.245 e. The summed E-state index contributed by atoms with van der Waals surface area (Å²) in [5, 5.41) is 20.3. The zero-order valence-corrected chi connectivity index (χ0v) is 27.8. The maximum absolute atomic E-state index is 13.8. The topological polar surface area (TPSA) is 192 Å². The lowest BCUT2D eigenvalue weighted by atomic mass is 9.94. The Morgan fingerprint density at radius 2 is 1.59 bits per heavy atom. The molecule has 44 heavy (non-hydrogen) atoms. The van der Waals surface area contributed by atoms with Gasteiger partial charge in [0.1, 0.15) is 24.2 Å². The first-order valence-electron chi connectivity index (χ1n) is 16.2. The second kappa shape index (κ2) is 20.3. The first kappa shape index (κ1) is 39.3. The lowest BCUT2D eigenvalue weighted by Crippen LogP contribution is -2.61. The molecule has 0 aromatic carbocycles. The van der Waals surface area contributed by atoms with Gasteiger partial charge in [-0.2, -0.15) is 0 Å². The smallest absolute Gasteiger partial charge is 0.245 e. The van der Waals surface area contributed by atoms with Gasteiger partial charge in [0.05, 0.1) is 25.2 Å². The molecule has 13 nitrogen and oxygen atoms in total. The van der Waals surface area contributed by atoms with Gasteiger partial charge in [-0.05, 0) is 24.7 Å². The van der Waals surface area contributed by atoms with Crippen LogP contribution in [0.5, 0.6) is 0 Å². The third-order valence-corrected chi connectivity index (χ3v) is 8.31. The van der Waals surface area contributed by atoms with Gasteiger partial charge in [-0.1, -0.05) is 73.6 Å². The summed E-state index contributed by atoms with van der Waals surface area (Å²) >= 11 is 0. The van der Waals surface area contributed by atoms with Gasteiger partial charge in [0.2, 0.25) is 29.5 Å². The maximum atomic E-state index is 13.8. The number of hydrogen-bond donors (Lipinski definition) is 6. The van der Waals surface area contributed by atoms with Gasteiger partial charge in [-0.15, -0.1) is 0 Å². The van der Waals surface area contributed by atoms with Crippen molar-refractivity contribution < 1.29 is 33.8 Å². The van der Waals surface area contributed by atoms with Crippen LogP contribution in [0.4, 0.5) is 0 Å². The van der Waals surface area contributed by atoms with Crippen LogP contribution in [0.25, 0.3) is 0 Å². The van der Waals surface area contributed by atoms with E-state index in [4.69, 9.17) is 10.5 Å². The van der Waals surface area contributed by atoms with Crippen LogP contribution in [-0.4, -0.2) is 103 Å². The van der Waals surface area contributed by atoms with Gasteiger partial charge in [-0.25, -0.2) is 0 Å². The number of aliphatic hydroxyl groups excluding tert-OH is 1.